The summed E-state index contributed by atoms with van der Waals surface area (Å²) >= 11 is 1.35. The van der Waals surface area contributed by atoms with Crippen LogP contribution in [0.2, 0.25) is 0 Å². The van der Waals surface area contributed by atoms with Gasteiger partial charge in [0.1, 0.15) is 11.6 Å². The van der Waals surface area contributed by atoms with Crippen LogP contribution in [0.25, 0.3) is 21.3 Å². The first-order valence-corrected chi connectivity index (χ1v) is 12.2. The molecule has 1 N–H and O–H groups in total. The molecule has 0 saturated heterocycles. The number of nitrogens with zero attached hydrogens (tertiary/aromatic N) is 2. The second-order valence-electron chi connectivity index (χ2n) is 8.45. The number of aromatic nitrogens is 1. The fourth-order valence-corrected chi connectivity index (χ4v) is 5.37. The van der Waals surface area contributed by atoms with Crippen LogP contribution >= 0.6 is 11.3 Å². The molecule has 1 amide bonds. The lowest BCUT2D eigenvalue weighted by Gasteiger charge is -2.24. The molecule has 0 saturated carbocycles. The topological polar surface area (TPSA) is 79.7 Å². The third-order valence-corrected chi connectivity index (χ3v) is 7.25. The van der Waals surface area contributed by atoms with Crippen LogP contribution < -0.4 is 4.90 Å². The van der Waals surface area contributed by atoms with Gasteiger partial charge in [0, 0.05) is 0 Å². The molecule has 7 heteroatoms. The predicted octanol–water partition coefficient (Wildman–Crippen LogP) is 6.04. The molecule has 0 fully saturated rings. The van der Waals surface area contributed by atoms with Gasteiger partial charge in [-0.15, -0.1) is 0 Å². The fraction of sp³-hybridized carbons (Fsp3) is 0.179. The Kier molecular flexibility index (Phi) is 5.86. The van der Waals surface area contributed by atoms with Gasteiger partial charge in [0.05, 0.1) is 16.8 Å². The number of thiazole rings is 1. The molecule has 6 nitrogen and oxygen atoms in total. The molecule has 2 heterocycles. The Hall–Kier alpha value is -3.97. The highest BCUT2D eigenvalue weighted by Gasteiger charge is 2.46. The quantitative estimate of drug-likeness (QED) is 0.349. The van der Waals surface area contributed by atoms with E-state index in [0.29, 0.717) is 10.7 Å². The van der Waals surface area contributed by atoms with Crippen molar-refractivity contribution < 1.29 is 19.4 Å². The maximum Gasteiger partial charge on any atom is 0.340 e. The van der Waals surface area contributed by atoms with Crippen LogP contribution in [0.4, 0.5) is 5.13 Å². The minimum Gasteiger partial charge on any atom is -0.503 e. The number of aliphatic hydroxyl groups is 1. The van der Waals surface area contributed by atoms with E-state index in [2.05, 4.69) is 0 Å². The zero-order valence-electron chi connectivity index (χ0n) is 19.6. The summed E-state index contributed by atoms with van der Waals surface area (Å²) in [6.07, 6.45) is 0. The fourth-order valence-electron chi connectivity index (χ4n) is 4.29. The van der Waals surface area contributed by atoms with Crippen LogP contribution in [0, 0.1) is 13.8 Å². The van der Waals surface area contributed by atoms with Gasteiger partial charge in [-0.05, 0) is 60.7 Å². The molecule has 4 aromatic rings. The van der Waals surface area contributed by atoms with E-state index in [1.54, 1.807) is 6.92 Å². The van der Waals surface area contributed by atoms with E-state index >= 15 is 0 Å². The van der Waals surface area contributed by atoms with E-state index in [1.807, 2.05) is 80.6 Å². The number of carbonyl (C=O) groups is 2. The summed E-state index contributed by atoms with van der Waals surface area (Å²) in [6, 6.07) is 20.7. The maximum atomic E-state index is 13.3. The molecule has 3 aromatic carbocycles. The summed E-state index contributed by atoms with van der Waals surface area (Å²) < 4.78 is 6.14. The number of fused-ring (bicyclic) bond motifs is 1. The van der Waals surface area contributed by atoms with E-state index in [1.165, 1.54) is 16.2 Å². The van der Waals surface area contributed by atoms with Crippen molar-refractivity contribution >= 4 is 38.6 Å². The highest BCUT2D eigenvalue weighted by molar-refractivity contribution is 7.22. The highest BCUT2D eigenvalue weighted by Crippen LogP contribution is 2.44. The SMILES string of the molecule is CCOC(=O)C1=C(O)C(=O)N(c2nc3cc(C)c(C)cc3s2)C1c1ccc(-c2ccccc2)cc1. The Morgan fingerprint density at radius 1 is 1.03 bits per heavy atom. The second kappa shape index (κ2) is 9.00. The number of carbonyl (C=O) groups excluding carboxylic acids is 2. The molecule has 1 aliphatic heterocycles. The van der Waals surface area contributed by atoms with Crippen LogP contribution in [0.3, 0.4) is 0 Å². The van der Waals surface area contributed by atoms with Crippen LogP contribution in [-0.4, -0.2) is 28.6 Å². The van der Waals surface area contributed by atoms with Crippen molar-refractivity contribution in [1.82, 2.24) is 4.98 Å². The Morgan fingerprint density at radius 2 is 1.69 bits per heavy atom. The van der Waals surface area contributed by atoms with Crippen molar-refractivity contribution in [2.75, 3.05) is 11.5 Å². The average Bonchev–Trinajstić information content (AvgIpc) is 3.37. The summed E-state index contributed by atoms with van der Waals surface area (Å²) in [4.78, 5) is 32.3. The number of amides is 1. The summed E-state index contributed by atoms with van der Waals surface area (Å²) in [5.74, 6) is -1.99. The minimum atomic E-state index is -0.853. The Morgan fingerprint density at radius 3 is 2.37 bits per heavy atom. The van der Waals surface area contributed by atoms with Crippen molar-refractivity contribution in [1.29, 1.82) is 0 Å². The normalized spacial score (nSPS) is 15.8. The monoisotopic (exact) mass is 484 g/mol. The number of benzene rings is 3. The van der Waals surface area contributed by atoms with E-state index in [4.69, 9.17) is 9.72 Å². The average molecular weight is 485 g/mol. The van der Waals surface area contributed by atoms with Crippen LogP contribution in [0.1, 0.15) is 29.7 Å². The summed E-state index contributed by atoms with van der Waals surface area (Å²) in [6.45, 7) is 5.85. The zero-order chi connectivity index (χ0) is 24.7. The Bertz CT molecular complexity index is 1430. The van der Waals surface area contributed by atoms with Gasteiger partial charge in [-0.3, -0.25) is 9.69 Å². The molecule has 0 aliphatic carbocycles. The molecule has 1 aromatic heterocycles. The number of rotatable bonds is 5. The van der Waals surface area contributed by atoms with Gasteiger partial charge in [-0.1, -0.05) is 65.9 Å². The van der Waals surface area contributed by atoms with Crippen LogP contribution in [0.5, 0.6) is 0 Å². The first-order chi connectivity index (χ1) is 16.9. The molecule has 35 heavy (non-hydrogen) atoms. The zero-order valence-corrected chi connectivity index (χ0v) is 20.4. The Labute approximate surface area is 207 Å². The summed E-state index contributed by atoms with van der Waals surface area (Å²) in [5.41, 5.74) is 5.65. The smallest absolute Gasteiger partial charge is 0.340 e. The first-order valence-electron chi connectivity index (χ1n) is 11.4. The lowest BCUT2D eigenvalue weighted by molar-refractivity contribution is -0.139. The molecule has 5 rings (SSSR count). The third-order valence-electron chi connectivity index (χ3n) is 6.24. The molecule has 0 spiro atoms. The standard InChI is InChI=1S/C28H24N2O4S/c1-4-34-27(33)23-24(20-12-10-19(11-13-20)18-8-6-5-7-9-18)30(26(32)25(23)31)28-29-21-14-16(2)17(3)15-22(21)35-28/h5-15,24,31H,4H2,1-3H3. The summed E-state index contributed by atoms with van der Waals surface area (Å²) in [5, 5.41) is 11.2. The molecule has 0 bridgehead atoms. The molecule has 1 unspecified atom stereocenters. The van der Waals surface area contributed by atoms with Gasteiger partial charge in [-0.2, -0.15) is 0 Å². The van der Waals surface area contributed by atoms with Crippen molar-refractivity contribution in [3.8, 4) is 11.1 Å². The molecule has 0 radical (unpaired) electrons. The third kappa shape index (κ3) is 3.98. The molecule has 176 valence electrons. The van der Waals surface area contributed by atoms with Crippen LogP contribution in [0.15, 0.2) is 78.1 Å². The van der Waals surface area contributed by atoms with Gasteiger partial charge < -0.3 is 9.84 Å². The van der Waals surface area contributed by atoms with Gasteiger partial charge in [0.2, 0.25) is 0 Å². The molecular formula is C28H24N2O4S. The lowest BCUT2D eigenvalue weighted by atomic mass is 9.96. The van der Waals surface area contributed by atoms with Gasteiger partial charge in [-0.25, -0.2) is 9.78 Å². The number of aliphatic hydroxyl groups excluding tert-OH is 1. The number of ether oxygens (including phenoxy) is 1. The largest absolute Gasteiger partial charge is 0.503 e. The first kappa shape index (κ1) is 22.8. The Balaban J connectivity index is 1.62. The molecule has 1 aliphatic rings. The van der Waals surface area contributed by atoms with Gasteiger partial charge >= 0.3 is 5.97 Å². The number of aryl methyl sites for hydroxylation is 2. The number of hydrogen-bond acceptors (Lipinski definition) is 6. The number of esters is 1. The van der Waals surface area contributed by atoms with E-state index < -0.39 is 23.7 Å². The van der Waals surface area contributed by atoms with E-state index in [-0.39, 0.29) is 12.2 Å². The van der Waals surface area contributed by atoms with Crippen molar-refractivity contribution in [3.63, 3.8) is 0 Å². The lowest BCUT2D eigenvalue weighted by Crippen LogP contribution is -2.31. The van der Waals surface area contributed by atoms with Crippen molar-refractivity contribution in [3.05, 3.63) is 94.8 Å². The predicted molar refractivity (Wildman–Crippen MR) is 137 cm³/mol. The number of anilines is 1. The molecule has 1 atom stereocenters. The van der Waals surface area contributed by atoms with Gasteiger partial charge in [0.25, 0.3) is 5.91 Å². The van der Waals surface area contributed by atoms with E-state index in [9.17, 15) is 14.7 Å². The maximum absolute atomic E-state index is 13.3. The second-order valence-corrected chi connectivity index (χ2v) is 9.46. The minimum absolute atomic E-state index is 0.0732. The summed E-state index contributed by atoms with van der Waals surface area (Å²) in [7, 11) is 0. The van der Waals surface area contributed by atoms with Crippen LogP contribution in [-0.2, 0) is 14.3 Å². The van der Waals surface area contributed by atoms with Crippen molar-refractivity contribution in [2.24, 2.45) is 0 Å². The van der Waals surface area contributed by atoms with E-state index in [0.717, 1.165) is 32.5 Å². The highest BCUT2D eigenvalue weighted by atomic mass is 32.1. The molecular weight excluding hydrogens is 460 g/mol. The van der Waals surface area contributed by atoms with Gasteiger partial charge in [0.15, 0.2) is 10.9 Å². The number of hydrogen-bond donors (Lipinski definition) is 1. The van der Waals surface area contributed by atoms with Crippen molar-refractivity contribution in [2.45, 2.75) is 26.8 Å².